The van der Waals surface area contributed by atoms with Gasteiger partial charge in [0.15, 0.2) is 5.84 Å². The van der Waals surface area contributed by atoms with Crippen molar-refractivity contribution in [2.75, 3.05) is 25.5 Å². The van der Waals surface area contributed by atoms with Crippen molar-refractivity contribution in [1.82, 2.24) is 36.2 Å². The van der Waals surface area contributed by atoms with E-state index in [1.54, 1.807) is 7.11 Å². The lowest BCUT2D eigenvalue weighted by molar-refractivity contribution is 0.413. The summed E-state index contributed by atoms with van der Waals surface area (Å²) in [5, 5.41) is 11.0. The second kappa shape index (κ2) is 6.98. The Balaban J connectivity index is 1.54. The van der Waals surface area contributed by atoms with Crippen LogP contribution in [-0.2, 0) is 0 Å². The van der Waals surface area contributed by atoms with Gasteiger partial charge in [0.2, 0.25) is 0 Å². The predicted octanol–water partition coefficient (Wildman–Crippen LogP) is 0.453. The molecule has 0 amide bonds. The topological polar surface area (TPSA) is 112 Å². The third-order valence-corrected chi connectivity index (χ3v) is 4.91. The number of ether oxygens (including phenoxy) is 1. The maximum atomic E-state index is 5.51. The van der Waals surface area contributed by atoms with Gasteiger partial charge in [-0.15, -0.1) is 10.6 Å². The fourth-order valence-corrected chi connectivity index (χ4v) is 3.51. The van der Waals surface area contributed by atoms with Gasteiger partial charge in [-0.05, 0) is 25.1 Å². The second-order valence-corrected chi connectivity index (χ2v) is 6.69. The van der Waals surface area contributed by atoms with E-state index in [1.807, 2.05) is 41.1 Å². The van der Waals surface area contributed by atoms with E-state index in [0.29, 0.717) is 17.6 Å². The van der Waals surface area contributed by atoms with Crippen molar-refractivity contribution in [3.63, 3.8) is 0 Å². The van der Waals surface area contributed by atoms with Crippen molar-refractivity contribution in [2.24, 2.45) is 5.10 Å². The molecule has 0 bridgehead atoms. The fraction of sp³-hybridized carbons (Fsp3) is 0.278. The van der Waals surface area contributed by atoms with Crippen molar-refractivity contribution in [2.45, 2.75) is 12.5 Å². The maximum absolute atomic E-state index is 5.51. The molecule has 0 aromatic carbocycles. The van der Waals surface area contributed by atoms with Crippen molar-refractivity contribution in [3.8, 4) is 17.1 Å². The molecule has 0 radical (unpaired) electrons. The van der Waals surface area contributed by atoms with Gasteiger partial charge in [0.25, 0.3) is 0 Å². The van der Waals surface area contributed by atoms with Crippen LogP contribution in [0, 0.1) is 0 Å². The monoisotopic (exact) mass is 379 g/mol. The first-order valence-electron chi connectivity index (χ1n) is 9.16. The zero-order valence-corrected chi connectivity index (χ0v) is 15.4. The molecule has 5 heterocycles. The van der Waals surface area contributed by atoms with Crippen LogP contribution >= 0.6 is 0 Å². The zero-order chi connectivity index (χ0) is 18.9. The number of hydrazine groups is 2. The molecule has 144 valence electrons. The lowest BCUT2D eigenvalue weighted by Gasteiger charge is -2.13. The molecule has 28 heavy (non-hydrogen) atoms. The Labute approximate surface area is 161 Å². The summed E-state index contributed by atoms with van der Waals surface area (Å²) in [4.78, 5) is 9.32. The Kier molecular flexibility index (Phi) is 4.18. The highest BCUT2D eigenvalue weighted by Gasteiger charge is 2.18. The van der Waals surface area contributed by atoms with E-state index in [2.05, 4.69) is 37.2 Å². The van der Waals surface area contributed by atoms with Crippen molar-refractivity contribution >= 4 is 17.3 Å². The molecule has 5 rings (SSSR count). The minimum Gasteiger partial charge on any atom is -0.496 e. The average Bonchev–Trinajstić information content (AvgIpc) is 3.48. The summed E-state index contributed by atoms with van der Waals surface area (Å²) < 4.78 is 7.50. The number of aromatic nitrogens is 3. The standard InChI is InChI=1S/C18H21N9O/c1-28-15-7-17-20-9-14(27(17)10-12(15)18-23-25-26-24-18)13-3-2-4-16(22-13)21-11-5-6-19-8-11/h2-4,7,9-11,19,25-26H,5-6,8H2,1H3,(H,21,22)(H,23,24). The second-order valence-electron chi connectivity index (χ2n) is 6.69. The Morgan fingerprint density at radius 2 is 2.29 bits per heavy atom. The lowest BCUT2D eigenvalue weighted by atomic mass is 10.2. The van der Waals surface area contributed by atoms with E-state index in [4.69, 9.17) is 9.72 Å². The van der Waals surface area contributed by atoms with Crippen molar-refractivity contribution < 1.29 is 4.74 Å². The first-order chi connectivity index (χ1) is 13.8. The minimum atomic E-state index is 0.409. The summed E-state index contributed by atoms with van der Waals surface area (Å²) in [6, 6.07) is 8.28. The van der Waals surface area contributed by atoms with E-state index >= 15 is 0 Å². The number of amidine groups is 1. The molecule has 0 aliphatic carbocycles. The molecule has 0 spiro atoms. The van der Waals surface area contributed by atoms with Gasteiger partial charge in [-0.2, -0.15) is 0 Å². The number of nitrogens with zero attached hydrogens (tertiary/aromatic N) is 4. The summed E-state index contributed by atoms with van der Waals surface area (Å²) in [6.45, 7) is 2.00. The quantitative estimate of drug-likeness (QED) is 0.435. The molecule has 1 unspecified atom stereocenters. The van der Waals surface area contributed by atoms with Crippen LogP contribution < -0.4 is 31.9 Å². The Bertz CT molecular complexity index is 1040. The molecule has 1 fully saturated rings. The number of rotatable bonds is 5. The van der Waals surface area contributed by atoms with Crippen LogP contribution in [0.2, 0.25) is 0 Å². The summed E-state index contributed by atoms with van der Waals surface area (Å²) in [5.41, 5.74) is 11.7. The van der Waals surface area contributed by atoms with Gasteiger partial charge in [0, 0.05) is 24.8 Å². The number of hydrazone groups is 1. The molecule has 5 N–H and O–H groups in total. The van der Waals surface area contributed by atoms with E-state index < -0.39 is 0 Å². The largest absolute Gasteiger partial charge is 0.496 e. The van der Waals surface area contributed by atoms with E-state index in [1.165, 1.54) is 0 Å². The van der Waals surface area contributed by atoms with Crippen molar-refractivity contribution in [3.05, 3.63) is 42.2 Å². The minimum absolute atomic E-state index is 0.409. The Morgan fingerprint density at radius 3 is 3.07 bits per heavy atom. The molecular weight excluding hydrogens is 358 g/mol. The first-order valence-corrected chi connectivity index (χ1v) is 9.16. The molecule has 2 aliphatic rings. The number of methoxy groups -OCH3 is 1. The highest BCUT2D eigenvalue weighted by Crippen LogP contribution is 2.26. The van der Waals surface area contributed by atoms with Gasteiger partial charge in [0.05, 0.1) is 30.3 Å². The summed E-state index contributed by atoms with van der Waals surface area (Å²) in [5.74, 6) is 2.18. The highest BCUT2D eigenvalue weighted by molar-refractivity contribution is 6.01. The van der Waals surface area contributed by atoms with Crippen LogP contribution in [0.5, 0.6) is 5.75 Å². The first kappa shape index (κ1) is 16.8. The molecule has 2 aliphatic heterocycles. The number of hydrogen-bond acceptors (Lipinski definition) is 9. The van der Waals surface area contributed by atoms with Crippen molar-refractivity contribution in [1.29, 1.82) is 0 Å². The maximum Gasteiger partial charge on any atom is 0.175 e. The van der Waals surface area contributed by atoms with Gasteiger partial charge in [-0.3, -0.25) is 9.83 Å². The SMILES string of the molecule is COc1cc2ncc(-c3cccc(NC4CCNC4)n3)n2cc1C1=NNNN1. The highest BCUT2D eigenvalue weighted by atomic mass is 16.5. The predicted molar refractivity (Wildman–Crippen MR) is 106 cm³/mol. The number of fused-ring (bicyclic) bond motifs is 1. The van der Waals surface area contributed by atoms with E-state index in [9.17, 15) is 0 Å². The lowest BCUT2D eigenvalue weighted by Crippen LogP contribution is -2.35. The third-order valence-electron chi connectivity index (χ3n) is 4.91. The van der Waals surface area contributed by atoms with Crippen LogP contribution in [0.3, 0.4) is 0 Å². The molecule has 1 saturated heterocycles. The third kappa shape index (κ3) is 2.98. The molecule has 10 nitrogen and oxygen atoms in total. The number of imidazole rings is 1. The summed E-state index contributed by atoms with van der Waals surface area (Å²) in [6.07, 6.45) is 4.86. The molecule has 10 heteroatoms. The van der Waals surface area contributed by atoms with Gasteiger partial charge < -0.3 is 15.4 Å². The molecule has 0 saturated carbocycles. The fourth-order valence-electron chi connectivity index (χ4n) is 3.51. The van der Waals surface area contributed by atoms with E-state index in [-0.39, 0.29) is 0 Å². The number of hydrogen-bond donors (Lipinski definition) is 5. The summed E-state index contributed by atoms with van der Waals surface area (Å²) >= 11 is 0. The van der Waals surface area contributed by atoms with E-state index in [0.717, 1.165) is 47.9 Å². The molecule has 3 aromatic rings. The summed E-state index contributed by atoms with van der Waals surface area (Å²) in [7, 11) is 1.63. The smallest absolute Gasteiger partial charge is 0.175 e. The van der Waals surface area contributed by atoms with Crippen LogP contribution in [0.1, 0.15) is 12.0 Å². The number of nitrogens with one attached hydrogen (secondary N) is 5. The molecular formula is C18H21N9O. The van der Waals surface area contributed by atoms with Gasteiger partial charge in [0.1, 0.15) is 17.2 Å². The van der Waals surface area contributed by atoms with Gasteiger partial charge >= 0.3 is 0 Å². The van der Waals surface area contributed by atoms with Crippen LogP contribution in [0.25, 0.3) is 17.0 Å². The number of pyridine rings is 2. The van der Waals surface area contributed by atoms with Gasteiger partial charge in [-0.1, -0.05) is 6.07 Å². The average molecular weight is 379 g/mol. The molecule has 1 atom stereocenters. The zero-order valence-electron chi connectivity index (χ0n) is 15.4. The Morgan fingerprint density at radius 1 is 1.32 bits per heavy atom. The van der Waals surface area contributed by atoms with Gasteiger partial charge in [-0.25, -0.2) is 15.5 Å². The Hall–Kier alpha value is -3.37. The van der Waals surface area contributed by atoms with Crippen LogP contribution in [0.4, 0.5) is 5.82 Å². The molecule has 3 aromatic heterocycles. The van der Waals surface area contributed by atoms with Crippen LogP contribution in [0.15, 0.2) is 41.8 Å². The number of anilines is 1. The normalized spacial score (nSPS) is 18.6. The van der Waals surface area contributed by atoms with Crippen LogP contribution in [-0.4, -0.2) is 46.4 Å².